The molecule has 0 amide bonds. The Hall–Kier alpha value is -1.66. The molecule has 0 saturated heterocycles. The first-order valence-corrected chi connectivity index (χ1v) is 10.7. The van der Waals surface area contributed by atoms with Crippen molar-refractivity contribution in [1.82, 2.24) is 5.06 Å². The van der Waals surface area contributed by atoms with E-state index in [4.69, 9.17) is 4.53 Å². The molecule has 1 aromatic carbocycles. The molecule has 23 heavy (non-hydrogen) atoms. The van der Waals surface area contributed by atoms with Gasteiger partial charge in [-0.15, -0.1) is 0 Å². The monoisotopic (exact) mass is 336 g/mol. The zero-order chi connectivity index (χ0) is 17.6. The van der Waals surface area contributed by atoms with E-state index in [1.807, 2.05) is 13.1 Å². The van der Waals surface area contributed by atoms with Gasteiger partial charge in [0, 0.05) is 5.92 Å². The summed E-state index contributed by atoms with van der Waals surface area (Å²) in [6.07, 6.45) is 2.37. The molecule has 0 saturated carbocycles. The summed E-state index contributed by atoms with van der Waals surface area (Å²) in [5.41, 5.74) is 2.45. The lowest BCUT2D eigenvalue weighted by Gasteiger charge is -2.35. The topological polar surface area (TPSA) is 55.6 Å². The fraction of sp³-hybridized carbons (Fsp3) is 0.529. The molecule has 1 unspecified atom stereocenters. The van der Waals surface area contributed by atoms with Gasteiger partial charge in [-0.2, -0.15) is 0 Å². The SMILES string of the molecule is Cc1cccc(C(CN(C=C[N+](=O)[O-])O[SiH](C)C)C(C)(C)C)c1. The summed E-state index contributed by atoms with van der Waals surface area (Å²) < 4.78 is 5.86. The molecule has 0 fully saturated rings. The Morgan fingerprint density at radius 1 is 1.39 bits per heavy atom. The van der Waals surface area contributed by atoms with Gasteiger partial charge in [-0.1, -0.05) is 50.6 Å². The Kier molecular flexibility index (Phi) is 6.96. The minimum atomic E-state index is -1.36. The first kappa shape index (κ1) is 19.4. The van der Waals surface area contributed by atoms with E-state index < -0.39 is 14.0 Å². The quantitative estimate of drug-likeness (QED) is 0.427. The van der Waals surface area contributed by atoms with Crippen molar-refractivity contribution in [2.45, 2.75) is 46.7 Å². The normalized spacial score (nSPS) is 13.5. The van der Waals surface area contributed by atoms with E-state index in [0.717, 1.165) is 6.20 Å². The maximum absolute atomic E-state index is 10.6. The summed E-state index contributed by atoms with van der Waals surface area (Å²) in [5.74, 6) is 0.201. The Morgan fingerprint density at radius 2 is 2.04 bits per heavy atom. The van der Waals surface area contributed by atoms with Gasteiger partial charge in [0.2, 0.25) is 9.04 Å². The number of nitrogens with zero attached hydrogens (tertiary/aromatic N) is 2. The second kappa shape index (κ2) is 8.26. The van der Waals surface area contributed by atoms with Crippen molar-refractivity contribution in [3.63, 3.8) is 0 Å². The van der Waals surface area contributed by atoms with E-state index in [0.29, 0.717) is 6.54 Å². The molecule has 0 heterocycles. The number of hydrogen-bond acceptors (Lipinski definition) is 4. The maximum Gasteiger partial charge on any atom is 0.252 e. The summed E-state index contributed by atoms with van der Waals surface area (Å²) in [6, 6.07) is 8.42. The van der Waals surface area contributed by atoms with Crippen LogP contribution in [0.3, 0.4) is 0 Å². The van der Waals surface area contributed by atoms with E-state index in [9.17, 15) is 10.1 Å². The Bertz CT molecular complexity index is 553. The molecule has 5 nitrogen and oxygen atoms in total. The van der Waals surface area contributed by atoms with Crippen molar-refractivity contribution >= 4 is 9.04 Å². The fourth-order valence-electron chi connectivity index (χ4n) is 2.48. The molecule has 0 aliphatic carbocycles. The molecule has 0 bridgehead atoms. The smallest absolute Gasteiger partial charge is 0.252 e. The lowest BCUT2D eigenvalue weighted by molar-refractivity contribution is -0.404. The predicted octanol–water partition coefficient (Wildman–Crippen LogP) is 4.09. The summed E-state index contributed by atoms with van der Waals surface area (Å²) in [4.78, 5) is 10.2. The summed E-state index contributed by atoms with van der Waals surface area (Å²) in [7, 11) is -1.36. The largest absolute Gasteiger partial charge is 0.324 e. The van der Waals surface area contributed by atoms with Crippen LogP contribution < -0.4 is 0 Å². The summed E-state index contributed by atoms with van der Waals surface area (Å²) in [6.45, 7) is 13.3. The van der Waals surface area contributed by atoms with E-state index >= 15 is 0 Å². The zero-order valence-corrected chi connectivity index (χ0v) is 16.1. The highest BCUT2D eigenvalue weighted by Gasteiger charge is 2.28. The van der Waals surface area contributed by atoms with Crippen molar-refractivity contribution in [2.75, 3.05) is 6.54 Å². The van der Waals surface area contributed by atoms with Gasteiger partial charge in [-0.25, -0.2) is 0 Å². The molecular weight excluding hydrogens is 308 g/mol. The maximum atomic E-state index is 10.6. The van der Waals surface area contributed by atoms with Gasteiger partial charge in [-0.05, 0) is 31.0 Å². The second-order valence-electron chi connectivity index (χ2n) is 7.17. The third-order valence-corrected chi connectivity index (χ3v) is 4.25. The molecular formula is C17H28N2O3Si. The molecule has 0 aliphatic heterocycles. The third-order valence-electron chi connectivity index (χ3n) is 3.55. The van der Waals surface area contributed by atoms with Gasteiger partial charge in [0.25, 0.3) is 6.20 Å². The Morgan fingerprint density at radius 3 is 2.52 bits per heavy atom. The molecule has 0 radical (unpaired) electrons. The van der Waals surface area contributed by atoms with Crippen molar-refractivity contribution < 1.29 is 9.45 Å². The number of hydrogen-bond donors (Lipinski definition) is 0. The van der Waals surface area contributed by atoms with E-state index in [1.54, 1.807) is 5.06 Å². The van der Waals surface area contributed by atoms with E-state index in [2.05, 4.69) is 52.0 Å². The third kappa shape index (κ3) is 6.96. The standard InChI is InChI=1S/C17H28N2O3Si/c1-14-8-7-9-15(12-14)16(17(2,3)4)13-18(22-23(5)6)10-11-19(20)21/h7-12,16,23H,13H2,1-6H3. The molecule has 128 valence electrons. The molecule has 0 spiro atoms. The Balaban J connectivity index is 3.08. The molecule has 6 heteroatoms. The molecule has 0 N–H and O–H groups in total. The van der Waals surface area contributed by atoms with Gasteiger partial charge in [0.05, 0.1) is 17.7 Å². The van der Waals surface area contributed by atoms with Gasteiger partial charge in [0.15, 0.2) is 0 Å². The van der Waals surface area contributed by atoms with Gasteiger partial charge < -0.3 is 4.53 Å². The summed E-state index contributed by atoms with van der Waals surface area (Å²) in [5, 5.41) is 12.3. The summed E-state index contributed by atoms with van der Waals surface area (Å²) >= 11 is 0. The van der Waals surface area contributed by atoms with Crippen LogP contribution in [0.2, 0.25) is 13.1 Å². The number of nitro groups is 1. The number of aryl methyl sites for hydroxylation is 1. The van der Waals surface area contributed by atoms with Crippen molar-refractivity contribution in [1.29, 1.82) is 0 Å². The minimum Gasteiger partial charge on any atom is -0.324 e. The van der Waals surface area contributed by atoms with Crippen molar-refractivity contribution in [3.05, 3.63) is 57.9 Å². The van der Waals surface area contributed by atoms with Gasteiger partial charge in [-0.3, -0.25) is 15.2 Å². The molecule has 1 rings (SSSR count). The second-order valence-corrected chi connectivity index (χ2v) is 9.48. The van der Waals surface area contributed by atoms with Crippen LogP contribution in [0, 0.1) is 22.5 Å². The average Bonchev–Trinajstić information content (AvgIpc) is 2.39. The molecule has 1 aromatic rings. The van der Waals surface area contributed by atoms with Crippen LogP contribution >= 0.6 is 0 Å². The number of rotatable bonds is 7. The highest BCUT2D eigenvalue weighted by molar-refractivity contribution is 6.48. The van der Waals surface area contributed by atoms with Gasteiger partial charge in [0.1, 0.15) is 0 Å². The van der Waals surface area contributed by atoms with Crippen molar-refractivity contribution in [2.24, 2.45) is 5.41 Å². The highest BCUT2D eigenvalue weighted by atomic mass is 28.3. The molecule has 0 aliphatic rings. The minimum absolute atomic E-state index is 0.0103. The van der Waals surface area contributed by atoms with E-state index in [1.165, 1.54) is 17.3 Å². The zero-order valence-electron chi connectivity index (χ0n) is 14.9. The van der Waals surface area contributed by atoms with Crippen LogP contribution in [0.15, 0.2) is 36.7 Å². The molecule has 1 atom stereocenters. The first-order valence-electron chi connectivity index (χ1n) is 7.91. The van der Waals surface area contributed by atoms with E-state index in [-0.39, 0.29) is 11.3 Å². The van der Waals surface area contributed by atoms with Crippen LogP contribution in [-0.2, 0) is 4.53 Å². The predicted molar refractivity (Wildman–Crippen MR) is 96.2 cm³/mol. The van der Waals surface area contributed by atoms with Crippen LogP contribution in [0.1, 0.15) is 37.8 Å². The molecule has 0 aromatic heterocycles. The lowest BCUT2D eigenvalue weighted by Crippen LogP contribution is -2.34. The highest BCUT2D eigenvalue weighted by Crippen LogP contribution is 2.36. The fourth-order valence-corrected chi connectivity index (χ4v) is 3.18. The van der Waals surface area contributed by atoms with Crippen molar-refractivity contribution in [3.8, 4) is 0 Å². The number of hydroxylamine groups is 2. The Labute approximate surface area is 140 Å². The van der Waals surface area contributed by atoms with Gasteiger partial charge >= 0.3 is 0 Å². The average molecular weight is 337 g/mol. The van der Waals surface area contributed by atoms with Crippen LogP contribution in [0.25, 0.3) is 0 Å². The van der Waals surface area contributed by atoms with Crippen LogP contribution in [0.5, 0.6) is 0 Å². The van der Waals surface area contributed by atoms with Crippen LogP contribution in [-0.4, -0.2) is 25.6 Å². The first-order chi connectivity index (χ1) is 10.6. The van der Waals surface area contributed by atoms with Crippen LogP contribution in [0.4, 0.5) is 0 Å². The lowest BCUT2D eigenvalue weighted by atomic mass is 9.76. The number of benzene rings is 1.